The number of aliphatic hydroxyl groups is 1. The molecule has 1 aliphatic rings. The molecule has 0 aliphatic heterocycles. The highest BCUT2D eigenvalue weighted by molar-refractivity contribution is 4.90. The van der Waals surface area contributed by atoms with Crippen molar-refractivity contribution in [2.45, 2.75) is 65.5 Å². The van der Waals surface area contributed by atoms with Crippen LogP contribution in [0.3, 0.4) is 0 Å². The Morgan fingerprint density at radius 2 is 1.93 bits per heavy atom. The van der Waals surface area contributed by atoms with Crippen LogP contribution in [0.5, 0.6) is 0 Å². The Kier molecular flexibility index (Phi) is 4.60. The van der Waals surface area contributed by atoms with Crippen LogP contribution in [0, 0.1) is 11.3 Å². The second-order valence-corrected chi connectivity index (χ2v) is 5.95. The van der Waals surface area contributed by atoms with Crippen LogP contribution in [0.25, 0.3) is 0 Å². The molecular weight excluding hydrogens is 186 g/mol. The van der Waals surface area contributed by atoms with Gasteiger partial charge < -0.3 is 10.4 Å². The topological polar surface area (TPSA) is 32.3 Å². The summed E-state index contributed by atoms with van der Waals surface area (Å²) in [7, 11) is 0. The Bertz CT molecular complexity index is 181. The third-order valence-corrected chi connectivity index (χ3v) is 3.51. The van der Waals surface area contributed by atoms with Gasteiger partial charge in [0.1, 0.15) is 0 Å². The zero-order valence-corrected chi connectivity index (χ0v) is 10.7. The molecule has 0 aromatic carbocycles. The normalized spacial score (nSPS) is 21.4. The van der Waals surface area contributed by atoms with E-state index in [9.17, 15) is 0 Å². The molecule has 2 nitrogen and oxygen atoms in total. The molecule has 0 radical (unpaired) electrons. The number of aliphatic hydroxyl groups excluding tert-OH is 1. The predicted molar refractivity (Wildman–Crippen MR) is 64.9 cm³/mol. The maximum atomic E-state index is 9.10. The molecule has 90 valence electrons. The van der Waals surface area contributed by atoms with Crippen LogP contribution in [0.15, 0.2) is 0 Å². The third kappa shape index (κ3) is 4.12. The highest BCUT2D eigenvalue weighted by Crippen LogP contribution is 2.35. The maximum absolute atomic E-state index is 9.10. The Hall–Kier alpha value is -0.0800. The lowest BCUT2D eigenvalue weighted by Gasteiger charge is -2.34. The van der Waals surface area contributed by atoms with Gasteiger partial charge in [0.15, 0.2) is 0 Å². The molecule has 0 heterocycles. The van der Waals surface area contributed by atoms with Crippen molar-refractivity contribution in [3.05, 3.63) is 0 Å². The second kappa shape index (κ2) is 5.31. The van der Waals surface area contributed by atoms with Crippen molar-refractivity contribution in [2.24, 2.45) is 11.3 Å². The molecule has 1 saturated carbocycles. The first kappa shape index (κ1) is 13.0. The van der Waals surface area contributed by atoms with Gasteiger partial charge in [-0.3, -0.25) is 0 Å². The van der Waals surface area contributed by atoms with Gasteiger partial charge in [-0.15, -0.1) is 0 Å². The first-order valence-corrected chi connectivity index (χ1v) is 6.36. The summed E-state index contributed by atoms with van der Waals surface area (Å²) in [5.41, 5.74) is 0.241. The summed E-state index contributed by atoms with van der Waals surface area (Å²) in [5.74, 6) is 0.901. The molecule has 1 fully saturated rings. The van der Waals surface area contributed by atoms with Crippen molar-refractivity contribution in [3.63, 3.8) is 0 Å². The first-order valence-electron chi connectivity index (χ1n) is 6.36. The largest absolute Gasteiger partial charge is 0.396 e. The van der Waals surface area contributed by atoms with E-state index in [0.717, 1.165) is 12.3 Å². The molecule has 0 amide bonds. The minimum Gasteiger partial charge on any atom is -0.396 e. The molecule has 15 heavy (non-hydrogen) atoms. The van der Waals surface area contributed by atoms with Gasteiger partial charge >= 0.3 is 0 Å². The van der Waals surface area contributed by atoms with Crippen LogP contribution in [0.2, 0.25) is 0 Å². The van der Waals surface area contributed by atoms with Crippen LogP contribution in [-0.2, 0) is 0 Å². The number of hydrogen-bond donors (Lipinski definition) is 2. The lowest BCUT2D eigenvalue weighted by atomic mass is 9.84. The average molecular weight is 213 g/mol. The van der Waals surface area contributed by atoms with Crippen molar-refractivity contribution >= 4 is 0 Å². The van der Waals surface area contributed by atoms with E-state index in [-0.39, 0.29) is 12.0 Å². The van der Waals surface area contributed by atoms with Crippen LogP contribution < -0.4 is 5.32 Å². The van der Waals surface area contributed by atoms with Gasteiger partial charge in [-0.2, -0.15) is 0 Å². The molecule has 2 heteroatoms. The summed E-state index contributed by atoms with van der Waals surface area (Å²) in [6.07, 6.45) is 4.86. The zero-order valence-electron chi connectivity index (χ0n) is 10.7. The van der Waals surface area contributed by atoms with E-state index in [2.05, 4.69) is 33.0 Å². The zero-order chi connectivity index (χ0) is 11.5. The highest BCUT2D eigenvalue weighted by Gasteiger charge is 2.33. The number of rotatable bonds is 6. The lowest BCUT2D eigenvalue weighted by Crippen LogP contribution is -2.47. The van der Waals surface area contributed by atoms with Crippen molar-refractivity contribution in [2.75, 3.05) is 6.61 Å². The monoisotopic (exact) mass is 213 g/mol. The molecule has 0 bridgehead atoms. The Morgan fingerprint density at radius 3 is 2.27 bits per heavy atom. The van der Waals surface area contributed by atoms with Gasteiger partial charge in [-0.1, -0.05) is 27.7 Å². The molecule has 1 rings (SSSR count). The van der Waals surface area contributed by atoms with E-state index in [1.165, 1.54) is 19.3 Å². The number of hydrogen-bond acceptors (Lipinski definition) is 2. The molecular formula is C13H27NO. The lowest BCUT2D eigenvalue weighted by molar-refractivity contribution is 0.179. The minimum atomic E-state index is 0.241. The predicted octanol–water partition coefficient (Wildman–Crippen LogP) is 2.56. The van der Waals surface area contributed by atoms with Gasteiger partial charge in [0, 0.05) is 18.7 Å². The quantitative estimate of drug-likeness (QED) is 0.711. The summed E-state index contributed by atoms with van der Waals surface area (Å²) in [5, 5.41) is 12.8. The fraction of sp³-hybridized carbons (Fsp3) is 1.00. The Morgan fingerprint density at radius 1 is 1.33 bits per heavy atom. The summed E-state index contributed by atoms with van der Waals surface area (Å²) in [6, 6.07) is 1.11. The van der Waals surface area contributed by atoms with E-state index in [1.54, 1.807) is 0 Å². The molecule has 0 saturated heterocycles. The second-order valence-electron chi connectivity index (χ2n) is 5.95. The Labute approximate surface area is 94.5 Å². The van der Waals surface area contributed by atoms with Gasteiger partial charge in [-0.05, 0) is 37.0 Å². The van der Waals surface area contributed by atoms with Crippen LogP contribution in [-0.4, -0.2) is 23.8 Å². The van der Waals surface area contributed by atoms with Gasteiger partial charge in [0.05, 0.1) is 0 Å². The maximum Gasteiger partial charge on any atom is 0.0446 e. The van der Waals surface area contributed by atoms with Crippen LogP contribution in [0.1, 0.15) is 53.4 Å². The summed E-state index contributed by atoms with van der Waals surface area (Å²) in [6.45, 7) is 9.30. The molecule has 2 N–H and O–H groups in total. The fourth-order valence-electron chi connectivity index (χ4n) is 2.24. The van der Waals surface area contributed by atoms with Gasteiger partial charge in [0.25, 0.3) is 0 Å². The minimum absolute atomic E-state index is 0.241. The SMILES string of the molecule is CCC(NC(CCO)C(C)(C)C)C1CC1. The smallest absolute Gasteiger partial charge is 0.0446 e. The summed E-state index contributed by atoms with van der Waals surface area (Å²) in [4.78, 5) is 0. The molecule has 2 unspecified atom stereocenters. The molecule has 0 spiro atoms. The van der Waals surface area contributed by atoms with E-state index >= 15 is 0 Å². The number of nitrogens with one attached hydrogen (secondary N) is 1. The van der Waals surface area contributed by atoms with Crippen LogP contribution in [0.4, 0.5) is 0 Å². The molecule has 1 aliphatic carbocycles. The highest BCUT2D eigenvalue weighted by atomic mass is 16.3. The van der Waals surface area contributed by atoms with Crippen molar-refractivity contribution in [1.82, 2.24) is 5.32 Å². The van der Waals surface area contributed by atoms with Crippen molar-refractivity contribution in [1.29, 1.82) is 0 Å². The Balaban J connectivity index is 2.48. The van der Waals surface area contributed by atoms with E-state index in [0.29, 0.717) is 12.1 Å². The van der Waals surface area contributed by atoms with Crippen LogP contribution >= 0.6 is 0 Å². The molecule has 0 aromatic rings. The fourth-order valence-corrected chi connectivity index (χ4v) is 2.24. The first-order chi connectivity index (χ1) is 6.99. The van der Waals surface area contributed by atoms with E-state index < -0.39 is 0 Å². The van der Waals surface area contributed by atoms with Gasteiger partial charge in [-0.25, -0.2) is 0 Å². The standard InChI is InChI=1S/C13H27NO/c1-5-11(10-6-7-10)14-12(8-9-15)13(2,3)4/h10-12,14-15H,5-9H2,1-4H3. The average Bonchev–Trinajstić information content (AvgIpc) is 2.93. The van der Waals surface area contributed by atoms with Crippen molar-refractivity contribution in [3.8, 4) is 0 Å². The van der Waals surface area contributed by atoms with E-state index in [1.807, 2.05) is 0 Å². The summed E-state index contributed by atoms with van der Waals surface area (Å²) >= 11 is 0. The molecule has 2 atom stereocenters. The summed E-state index contributed by atoms with van der Waals surface area (Å²) < 4.78 is 0. The van der Waals surface area contributed by atoms with Gasteiger partial charge in [0.2, 0.25) is 0 Å². The van der Waals surface area contributed by atoms with Crippen molar-refractivity contribution < 1.29 is 5.11 Å². The van der Waals surface area contributed by atoms with E-state index in [4.69, 9.17) is 5.11 Å². The third-order valence-electron chi connectivity index (χ3n) is 3.51. The molecule has 0 aromatic heterocycles.